The third kappa shape index (κ3) is 3.83. The number of rotatable bonds is 5. The lowest BCUT2D eigenvalue weighted by Crippen LogP contribution is -2.11. The van der Waals surface area contributed by atoms with Crippen molar-refractivity contribution < 1.29 is 13.9 Å². The fraction of sp³-hybridized carbons (Fsp3) is 0.125. The molecule has 0 spiro atoms. The number of nitrogens with zero attached hydrogens (tertiary/aromatic N) is 1. The van der Waals surface area contributed by atoms with E-state index >= 15 is 0 Å². The van der Waals surface area contributed by atoms with Crippen LogP contribution in [0.2, 0.25) is 0 Å². The molecule has 0 aliphatic rings. The van der Waals surface area contributed by atoms with Gasteiger partial charge in [0.2, 0.25) is 0 Å². The van der Waals surface area contributed by atoms with Gasteiger partial charge in [0, 0.05) is 16.5 Å². The van der Waals surface area contributed by atoms with Crippen LogP contribution >= 0.6 is 11.8 Å². The molecule has 0 atom stereocenters. The normalized spacial score (nSPS) is 9.95. The molecule has 0 fully saturated rings. The summed E-state index contributed by atoms with van der Waals surface area (Å²) in [6, 6.07) is 12.8. The monoisotopic (exact) mass is 301 g/mol. The van der Waals surface area contributed by atoms with Crippen molar-refractivity contribution in [3.63, 3.8) is 0 Å². The minimum Gasteiger partial charge on any atom is -0.485 e. The van der Waals surface area contributed by atoms with Crippen molar-refractivity contribution in [3.8, 4) is 11.8 Å². The average molecular weight is 301 g/mol. The first-order valence-electron chi connectivity index (χ1n) is 6.13. The molecule has 0 unspecified atom stereocenters. The summed E-state index contributed by atoms with van der Waals surface area (Å²) < 4.78 is 18.6. The van der Waals surface area contributed by atoms with Crippen LogP contribution in [0.25, 0.3) is 0 Å². The van der Waals surface area contributed by atoms with E-state index in [2.05, 4.69) is 0 Å². The first-order chi connectivity index (χ1) is 10.1. The first kappa shape index (κ1) is 15.1. The van der Waals surface area contributed by atoms with E-state index in [4.69, 9.17) is 10.00 Å². The Bertz CT molecular complexity index is 692. The molecular weight excluding hydrogens is 289 g/mol. The van der Waals surface area contributed by atoms with Crippen molar-refractivity contribution in [2.24, 2.45) is 0 Å². The maximum atomic E-state index is 13.4. The zero-order valence-electron chi connectivity index (χ0n) is 11.3. The molecule has 0 aliphatic heterocycles. The molecule has 0 bridgehead atoms. The molecule has 0 N–H and O–H groups in total. The maximum absolute atomic E-state index is 13.4. The van der Waals surface area contributed by atoms with Crippen molar-refractivity contribution in [1.82, 2.24) is 0 Å². The van der Waals surface area contributed by atoms with Gasteiger partial charge in [-0.15, -0.1) is 11.8 Å². The topological polar surface area (TPSA) is 50.1 Å². The van der Waals surface area contributed by atoms with Gasteiger partial charge in [0.1, 0.15) is 17.6 Å². The predicted octanol–water partition coefficient (Wildman–Crippen LogP) is 3.68. The Labute approximate surface area is 126 Å². The summed E-state index contributed by atoms with van der Waals surface area (Å²) >= 11 is 1.59. The number of halogens is 1. The zero-order valence-corrected chi connectivity index (χ0v) is 12.1. The fourth-order valence-corrected chi connectivity index (χ4v) is 2.09. The Morgan fingerprint density at radius 1 is 1.29 bits per heavy atom. The summed E-state index contributed by atoms with van der Waals surface area (Å²) in [7, 11) is 0. The average Bonchev–Trinajstić information content (AvgIpc) is 2.52. The Balaban J connectivity index is 2.00. The molecule has 0 saturated carbocycles. The highest BCUT2D eigenvalue weighted by Gasteiger charge is 2.08. The molecule has 5 heteroatoms. The lowest BCUT2D eigenvalue weighted by molar-refractivity contribution is 0.0921. The lowest BCUT2D eigenvalue weighted by Gasteiger charge is -2.06. The molecular formula is C16H12FNO2S. The van der Waals surface area contributed by atoms with Crippen molar-refractivity contribution in [2.75, 3.05) is 12.9 Å². The van der Waals surface area contributed by atoms with Crippen LogP contribution in [0.15, 0.2) is 47.4 Å². The third-order valence-corrected chi connectivity index (χ3v) is 3.59. The van der Waals surface area contributed by atoms with Gasteiger partial charge in [0.25, 0.3) is 0 Å². The number of carbonyl (C=O) groups is 1. The maximum Gasteiger partial charge on any atom is 0.200 e. The first-order valence-corrected chi connectivity index (χ1v) is 7.36. The van der Waals surface area contributed by atoms with Crippen LogP contribution in [0.1, 0.15) is 15.9 Å². The number of ether oxygens (including phenoxy) is 1. The smallest absolute Gasteiger partial charge is 0.200 e. The van der Waals surface area contributed by atoms with Crippen molar-refractivity contribution >= 4 is 17.5 Å². The molecule has 2 aromatic carbocycles. The number of benzene rings is 2. The molecule has 0 radical (unpaired) electrons. The number of carbonyl (C=O) groups excluding carboxylic acids is 1. The Kier molecular flexibility index (Phi) is 4.96. The number of thioether (sulfide) groups is 1. The van der Waals surface area contributed by atoms with E-state index in [0.29, 0.717) is 5.56 Å². The van der Waals surface area contributed by atoms with Crippen molar-refractivity contribution in [1.29, 1.82) is 5.26 Å². The summed E-state index contributed by atoms with van der Waals surface area (Å²) in [6.45, 7) is -0.177. The number of nitriles is 1. The number of Topliss-reactive ketones (excluding diaryl/α,β-unsaturated/α-hetero) is 1. The van der Waals surface area contributed by atoms with E-state index in [1.54, 1.807) is 30.0 Å². The molecule has 0 aliphatic carbocycles. The molecule has 0 amide bonds. The molecule has 106 valence electrons. The Morgan fingerprint density at radius 2 is 2.00 bits per heavy atom. The largest absolute Gasteiger partial charge is 0.485 e. The highest BCUT2D eigenvalue weighted by atomic mass is 32.2. The van der Waals surface area contributed by atoms with Gasteiger partial charge in [-0.05, 0) is 30.5 Å². The van der Waals surface area contributed by atoms with Crippen LogP contribution in [-0.4, -0.2) is 18.6 Å². The molecule has 0 saturated heterocycles. The van der Waals surface area contributed by atoms with Crippen LogP contribution in [0.4, 0.5) is 4.39 Å². The molecule has 3 nitrogen and oxygen atoms in total. The second-order valence-electron chi connectivity index (χ2n) is 4.19. The predicted molar refractivity (Wildman–Crippen MR) is 79.2 cm³/mol. The van der Waals surface area contributed by atoms with Crippen LogP contribution in [-0.2, 0) is 0 Å². The number of hydrogen-bond acceptors (Lipinski definition) is 4. The minimum absolute atomic E-state index is 0.0543. The van der Waals surface area contributed by atoms with Gasteiger partial charge in [-0.2, -0.15) is 5.26 Å². The SMILES string of the molecule is CSc1ccc(C(=O)COc2ccc(C#N)c(F)c2)cc1. The number of hydrogen-bond donors (Lipinski definition) is 0. The fourth-order valence-electron chi connectivity index (χ4n) is 1.69. The van der Waals surface area contributed by atoms with Gasteiger partial charge in [-0.25, -0.2) is 4.39 Å². The van der Waals surface area contributed by atoms with E-state index in [1.807, 2.05) is 18.4 Å². The van der Waals surface area contributed by atoms with Crippen LogP contribution in [0.5, 0.6) is 5.75 Å². The molecule has 2 rings (SSSR count). The minimum atomic E-state index is -0.660. The standard InChI is InChI=1S/C16H12FNO2S/c1-21-14-6-3-11(4-7-14)16(19)10-20-13-5-2-12(9-18)15(17)8-13/h2-8H,10H2,1H3. The Morgan fingerprint density at radius 3 is 2.57 bits per heavy atom. The molecule has 21 heavy (non-hydrogen) atoms. The second kappa shape index (κ2) is 6.91. The molecule has 0 aromatic heterocycles. The van der Waals surface area contributed by atoms with Gasteiger partial charge in [-0.1, -0.05) is 12.1 Å². The summed E-state index contributed by atoms with van der Waals surface area (Å²) in [5.41, 5.74) is 0.489. The lowest BCUT2D eigenvalue weighted by atomic mass is 10.1. The zero-order chi connectivity index (χ0) is 15.2. The molecule has 0 heterocycles. The van der Waals surface area contributed by atoms with Crippen molar-refractivity contribution in [2.45, 2.75) is 4.90 Å². The van der Waals surface area contributed by atoms with Crippen molar-refractivity contribution in [3.05, 3.63) is 59.4 Å². The van der Waals surface area contributed by atoms with E-state index in [9.17, 15) is 9.18 Å². The van der Waals surface area contributed by atoms with Gasteiger partial charge in [-0.3, -0.25) is 4.79 Å². The van der Waals surface area contributed by atoms with Crippen LogP contribution < -0.4 is 4.74 Å². The second-order valence-corrected chi connectivity index (χ2v) is 5.07. The summed E-state index contributed by atoms with van der Waals surface area (Å²) in [6.07, 6.45) is 1.96. The third-order valence-electron chi connectivity index (χ3n) is 2.84. The van der Waals surface area contributed by atoms with Gasteiger partial charge < -0.3 is 4.74 Å². The number of ketones is 1. The van der Waals surface area contributed by atoms with E-state index < -0.39 is 5.82 Å². The van der Waals surface area contributed by atoms with E-state index in [0.717, 1.165) is 11.0 Å². The van der Waals surface area contributed by atoms with Gasteiger partial charge in [0.15, 0.2) is 12.4 Å². The quantitative estimate of drug-likeness (QED) is 0.624. The van der Waals surface area contributed by atoms with Gasteiger partial charge in [0.05, 0.1) is 5.56 Å². The Hall–Kier alpha value is -2.32. The summed E-state index contributed by atoms with van der Waals surface area (Å²) in [5.74, 6) is -0.625. The summed E-state index contributed by atoms with van der Waals surface area (Å²) in [4.78, 5) is 13.0. The highest BCUT2D eigenvalue weighted by Crippen LogP contribution is 2.17. The highest BCUT2D eigenvalue weighted by molar-refractivity contribution is 7.98. The van der Waals surface area contributed by atoms with Gasteiger partial charge >= 0.3 is 0 Å². The van der Waals surface area contributed by atoms with Crippen LogP contribution in [0.3, 0.4) is 0 Å². The van der Waals surface area contributed by atoms with E-state index in [1.165, 1.54) is 12.1 Å². The summed E-state index contributed by atoms with van der Waals surface area (Å²) in [5, 5.41) is 8.63. The van der Waals surface area contributed by atoms with E-state index in [-0.39, 0.29) is 23.7 Å². The van der Waals surface area contributed by atoms with Crippen LogP contribution in [0, 0.1) is 17.1 Å². The molecule has 2 aromatic rings.